The molecule has 0 spiro atoms. The van der Waals surface area contributed by atoms with Crippen LogP contribution in [-0.4, -0.2) is 26.4 Å². The Morgan fingerprint density at radius 2 is 1.59 bits per heavy atom. The van der Waals surface area contributed by atoms with E-state index in [0.717, 1.165) is 60.6 Å². The Kier molecular flexibility index (Phi) is 6.06. The highest BCUT2D eigenvalue weighted by atomic mass is 35.5. The lowest BCUT2D eigenvalue weighted by atomic mass is 10.1. The maximum Gasteiger partial charge on any atom is 0.416 e. The molecule has 0 saturated carbocycles. The summed E-state index contributed by atoms with van der Waals surface area (Å²) in [5, 5.41) is 0.680. The zero-order valence-corrected chi connectivity index (χ0v) is 18.8. The first-order chi connectivity index (χ1) is 16.3. The number of fused-ring (bicyclic) bond motifs is 1. The minimum absolute atomic E-state index is 0.643. The van der Waals surface area contributed by atoms with E-state index in [9.17, 15) is 13.2 Å². The summed E-state index contributed by atoms with van der Waals surface area (Å²) in [7, 11) is 0. The van der Waals surface area contributed by atoms with Crippen molar-refractivity contribution in [3.8, 4) is 22.6 Å². The average Bonchev–Trinajstić information content (AvgIpc) is 2.84. The van der Waals surface area contributed by atoms with Crippen LogP contribution in [0.15, 0.2) is 73.1 Å². The summed E-state index contributed by atoms with van der Waals surface area (Å²) in [4.78, 5) is 16.1. The van der Waals surface area contributed by atoms with E-state index in [1.54, 1.807) is 6.20 Å². The number of alkyl halides is 3. The molecule has 2 aromatic heterocycles. The van der Waals surface area contributed by atoms with Gasteiger partial charge in [0.25, 0.3) is 0 Å². The number of halogens is 4. The normalized spacial score (nSPS) is 14.1. The minimum atomic E-state index is -4.34. The molecule has 0 atom stereocenters. The van der Waals surface area contributed by atoms with E-state index in [1.807, 2.05) is 42.6 Å². The lowest BCUT2D eigenvalue weighted by Gasteiger charge is -2.28. The van der Waals surface area contributed by atoms with Gasteiger partial charge in [0.1, 0.15) is 0 Å². The molecule has 0 amide bonds. The predicted octanol–water partition coefficient (Wildman–Crippen LogP) is 6.44. The van der Waals surface area contributed by atoms with Crippen molar-refractivity contribution >= 4 is 11.6 Å². The van der Waals surface area contributed by atoms with Crippen molar-refractivity contribution in [1.82, 2.24) is 19.9 Å². The Bertz CT molecular complexity index is 1290. The summed E-state index contributed by atoms with van der Waals surface area (Å²) in [6.45, 7) is 2.33. The Hall–Kier alpha value is -3.29. The zero-order valence-electron chi connectivity index (χ0n) is 18.1. The topological polar surface area (TPSA) is 41.9 Å². The van der Waals surface area contributed by atoms with Crippen molar-refractivity contribution in [2.45, 2.75) is 25.7 Å². The molecule has 8 heteroatoms. The fourth-order valence-corrected chi connectivity index (χ4v) is 4.15. The molecule has 172 valence electrons. The molecule has 1 aliphatic rings. The number of rotatable bonds is 4. The summed E-state index contributed by atoms with van der Waals surface area (Å²) in [5.74, 6) is 0.701. The monoisotopic (exact) mass is 480 g/mol. The molecule has 5 rings (SSSR count). The van der Waals surface area contributed by atoms with Crippen molar-refractivity contribution in [2.75, 3.05) is 6.54 Å². The quantitative estimate of drug-likeness (QED) is 0.337. The van der Waals surface area contributed by atoms with Crippen LogP contribution < -0.4 is 0 Å². The molecule has 0 fully saturated rings. The van der Waals surface area contributed by atoms with Crippen LogP contribution in [0.3, 0.4) is 0 Å². The molecule has 4 aromatic rings. The molecule has 34 heavy (non-hydrogen) atoms. The van der Waals surface area contributed by atoms with E-state index < -0.39 is 11.7 Å². The fraction of sp³-hybridized carbons (Fsp3) is 0.192. The number of hydrogen-bond acceptors (Lipinski definition) is 4. The summed E-state index contributed by atoms with van der Waals surface area (Å²) in [5.41, 5.74) is 4.78. The van der Waals surface area contributed by atoms with Crippen LogP contribution in [-0.2, 0) is 25.7 Å². The van der Waals surface area contributed by atoms with E-state index in [-0.39, 0.29) is 0 Å². The molecule has 1 aliphatic heterocycles. The Morgan fingerprint density at radius 3 is 2.26 bits per heavy atom. The van der Waals surface area contributed by atoms with Gasteiger partial charge >= 0.3 is 6.18 Å². The smallest absolute Gasteiger partial charge is 0.294 e. The highest BCUT2D eigenvalue weighted by Gasteiger charge is 2.30. The van der Waals surface area contributed by atoms with E-state index in [4.69, 9.17) is 16.6 Å². The number of benzene rings is 2. The highest BCUT2D eigenvalue weighted by molar-refractivity contribution is 6.30. The minimum Gasteiger partial charge on any atom is -0.294 e. The molecule has 4 nitrogen and oxygen atoms in total. The van der Waals surface area contributed by atoms with Crippen LogP contribution in [0.4, 0.5) is 13.2 Å². The van der Waals surface area contributed by atoms with Crippen LogP contribution in [0.5, 0.6) is 0 Å². The first-order valence-corrected chi connectivity index (χ1v) is 11.2. The summed E-state index contributed by atoms with van der Waals surface area (Å²) < 4.78 is 38.3. The molecule has 0 bridgehead atoms. The molecule has 3 heterocycles. The zero-order chi connectivity index (χ0) is 23.7. The molecular formula is C26H20ClF3N4. The fourth-order valence-electron chi connectivity index (χ4n) is 4.02. The Morgan fingerprint density at radius 1 is 0.853 bits per heavy atom. The van der Waals surface area contributed by atoms with Gasteiger partial charge < -0.3 is 0 Å². The van der Waals surface area contributed by atoms with Gasteiger partial charge in [-0.2, -0.15) is 13.2 Å². The van der Waals surface area contributed by atoms with Gasteiger partial charge in [-0.05, 0) is 48.0 Å². The lowest BCUT2D eigenvalue weighted by molar-refractivity contribution is -0.137. The van der Waals surface area contributed by atoms with Crippen LogP contribution in [0.1, 0.15) is 22.4 Å². The van der Waals surface area contributed by atoms with Gasteiger partial charge in [-0.3, -0.25) is 9.88 Å². The Labute approximate surface area is 200 Å². The van der Waals surface area contributed by atoms with Gasteiger partial charge in [0, 0.05) is 60.2 Å². The number of aromatic nitrogens is 3. The second kappa shape index (κ2) is 9.16. The largest absolute Gasteiger partial charge is 0.416 e. The lowest BCUT2D eigenvalue weighted by Crippen LogP contribution is -2.31. The predicted molar refractivity (Wildman–Crippen MR) is 125 cm³/mol. The van der Waals surface area contributed by atoms with E-state index in [2.05, 4.69) is 14.9 Å². The van der Waals surface area contributed by atoms with Crippen molar-refractivity contribution in [2.24, 2.45) is 0 Å². The summed E-state index contributed by atoms with van der Waals surface area (Å²) in [6, 6.07) is 16.4. The summed E-state index contributed by atoms with van der Waals surface area (Å²) >= 11 is 5.97. The number of pyridine rings is 1. The van der Waals surface area contributed by atoms with Gasteiger partial charge in [0.05, 0.1) is 17.0 Å². The molecular weight excluding hydrogens is 461 g/mol. The molecule has 0 unspecified atom stereocenters. The van der Waals surface area contributed by atoms with Crippen LogP contribution in [0, 0.1) is 0 Å². The maximum absolute atomic E-state index is 12.8. The van der Waals surface area contributed by atoms with Crippen molar-refractivity contribution in [1.29, 1.82) is 0 Å². The third kappa shape index (κ3) is 4.95. The van der Waals surface area contributed by atoms with Gasteiger partial charge in [-0.1, -0.05) is 29.8 Å². The standard InChI is InChI=1S/C26H20ClF3N4/c27-22-8-4-19(5-9-22)25-32-14-20-16-34(12-11-24(20)33-25)15-17-1-10-23(31-13-17)18-2-6-21(7-3-18)26(28,29)30/h1-10,13-14H,11-12,15-16H2. The molecule has 0 aliphatic carbocycles. The van der Waals surface area contributed by atoms with Crippen LogP contribution in [0.25, 0.3) is 22.6 Å². The van der Waals surface area contributed by atoms with Gasteiger partial charge in [-0.15, -0.1) is 0 Å². The van der Waals surface area contributed by atoms with Crippen LogP contribution in [0.2, 0.25) is 5.02 Å². The molecule has 0 radical (unpaired) electrons. The highest BCUT2D eigenvalue weighted by Crippen LogP contribution is 2.31. The van der Waals surface area contributed by atoms with Gasteiger partial charge in [0.2, 0.25) is 0 Å². The van der Waals surface area contributed by atoms with Crippen molar-refractivity contribution < 1.29 is 13.2 Å². The van der Waals surface area contributed by atoms with E-state index in [1.165, 1.54) is 12.1 Å². The Balaban J connectivity index is 1.24. The second-order valence-electron chi connectivity index (χ2n) is 8.26. The number of nitrogens with zero attached hydrogens (tertiary/aromatic N) is 4. The SMILES string of the molecule is FC(F)(F)c1ccc(-c2ccc(CN3CCc4nc(-c5ccc(Cl)cc5)ncc4C3)cn2)cc1. The van der Waals surface area contributed by atoms with Crippen molar-refractivity contribution in [3.63, 3.8) is 0 Å². The van der Waals surface area contributed by atoms with Crippen LogP contribution >= 0.6 is 11.6 Å². The van der Waals surface area contributed by atoms with E-state index >= 15 is 0 Å². The summed E-state index contributed by atoms with van der Waals surface area (Å²) in [6.07, 6.45) is 0.161. The first-order valence-electron chi connectivity index (χ1n) is 10.8. The molecule has 0 saturated heterocycles. The maximum atomic E-state index is 12.8. The third-order valence-corrected chi connectivity index (χ3v) is 6.11. The number of hydrogen-bond donors (Lipinski definition) is 0. The van der Waals surface area contributed by atoms with Crippen molar-refractivity contribution in [3.05, 3.63) is 100 Å². The van der Waals surface area contributed by atoms with Gasteiger partial charge in [-0.25, -0.2) is 9.97 Å². The van der Waals surface area contributed by atoms with E-state index in [0.29, 0.717) is 22.1 Å². The third-order valence-electron chi connectivity index (χ3n) is 5.85. The molecule has 2 aromatic carbocycles. The second-order valence-corrected chi connectivity index (χ2v) is 8.70. The average molecular weight is 481 g/mol. The molecule has 0 N–H and O–H groups in total. The first kappa shape index (κ1) is 22.5. The van der Waals surface area contributed by atoms with Gasteiger partial charge in [0.15, 0.2) is 5.82 Å².